The monoisotopic (exact) mass is 357 g/mol. The van der Waals surface area contributed by atoms with Crippen molar-refractivity contribution in [3.63, 3.8) is 0 Å². The van der Waals surface area contributed by atoms with Crippen LogP contribution < -0.4 is 14.8 Å². The molecule has 4 nitrogen and oxygen atoms in total. The van der Waals surface area contributed by atoms with Gasteiger partial charge in [0.2, 0.25) is 5.91 Å². The van der Waals surface area contributed by atoms with Crippen LogP contribution in [0.25, 0.3) is 0 Å². The maximum atomic E-state index is 12.5. The zero-order chi connectivity index (χ0) is 17.6. The van der Waals surface area contributed by atoms with Gasteiger partial charge in [-0.25, -0.2) is 0 Å². The number of hydrogen-bond acceptors (Lipinski definition) is 4. The fourth-order valence-corrected chi connectivity index (χ4v) is 3.28. The van der Waals surface area contributed by atoms with Gasteiger partial charge in [0.15, 0.2) is 0 Å². The van der Waals surface area contributed by atoms with E-state index in [4.69, 9.17) is 9.47 Å². The number of ether oxygens (including phenoxy) is 2. The highest BCUT2D eigenvalue weighted by atomic mass is 32.2. The second kappa shape index (κ2) is 8.30. The van der Waals surface area contributed by atoms with Gasteiger partial charge in [0.25, 0.3) is 0 Å². The molecule has 1 unspecified atom stereocenters. The van der Waals surface area contributed by atoms with Crippen LogP contribution in [0.4, 0.5) is 0 Å². The van der Waals surface area contributed by atoms with E-state index in [1.807, 2.05) is 37.3 Å². The van der Waals surface area contributed by atoms with E-state index in [1.54, 1.807) is 11.8 Å². The van der Waals surface area contributed by atoms with E-state index in [0.29, 0.717) is 26.2 Å². The summed E-state index contributed by atoms with van der Waals surface area (Å²) < 4.78 is 11.3. The van der Waals surface area contributed by atoms with E-state index < -0.39 is 0 Å². The van der Waals surface area contributed by atoms with Crippen molar-refractivity contribution in [3.05, 3.63) is 53.6 Å². The molecule has 0 aliphatic carbocycles. The molecule has 5 heteroatoms. The fourth-order valence-electron chi connectivity index (χ4n) is 2.87. The first-order chi connectivity index (χ1) is 12.2. The van der Waals surface area contributed by atoms with Crippen molar-refractivity contribution in [2.45, 2.75) is 24.8 Å². The average Bonchev–Trinajstić information content (AvgIpc) is 2.66. The fraction of sp³-hybridized carbons (Fsp3) is 0.350. The molecule has 1 aliphatic heterocycles. The van der Waals surface area contributed by atoms with Gasteiger partial charge in [-0.15, -0.1) is 11.8 Å². The lowest BCUT2D eigenvalue weighted by molar-refractivity contribution is -0.126. The molecule has 0 fully saturated rings. The molecule has 1 amide bonds. The number of amides is 1. The standard InChI is InChI=1S/C20H23NO3S/c1-3-23-17-6-9-19-15(11-17)10-16(13-24-19)20(22)21-12-14-4-7-18(25-2)8-5-14/h4-9,11,16H,3,10,12-13H2,1-2H3,(H,21,22). The molecule has 3 rings (SSSR count). The molecule has 1 heterocycles. The molecule has 0 bridgehead atoms. The Morgan fingerprint density at radius 3 is 2.80 bits per heavy atom. The molecule has 132 valence electrons. The molecule has 0 spiro atoms. The summed E-state index contributed by atoms with van der Waals surface area (Å²) in [6.07, 6.45) is 2.72. The minimum Gasteiger partial charge on any atom is -0.494 e. The van der Waals surface area contributed by atoms with Crippen molar-refractivity contribution in [3.8, 4) is 11.5 Å². The summed E-state index contributed by atoms with van der Waals surface area (Å²) in [5, 5.41) is 3.02. The normalized spacial score (nSPS) is 15.8. The molecule has 1 aliphatic rings. The van der Waals surface area contributed by atoms with Crippen LogP contribution in [0.2, 0.25) is 0 Å². The largest absolute Gasteiger partial charge is 0.494 e. The third-order valence-corrected chi connectivity index (χ3v) is 4.99. The molecule has 0 radical (unpaired) electrons. The number of fused-ring (bicyclic) bond motifs is 1. The molecule has 2 aromatic rings. The number of nitrogens with one attached hydrogen (secondary N) is 1. The summed E-state index contributed by atoms with van der Waals surface area (Å²) in [5.41, 5.74) is 2.13. The molecule has 1 N–H and O–H groups in total. The van der Waals surface area contributed by atoms with Crippen LogP contribution in [0.5, 0.6) is 11.5 Å². The average molecular weight is 357 g/mol. The van der Waals surface area contributed by atoms with Gasteiger partial charge in [-0.2, -0.15) is 0 Å². The van der Waals surface area contributed by atoms with E-state index in [2.05, 4.69) is 23.7 Å². The summed E-state index contributed by atoms with van der Waals surface area (Å²) in [6.45, 7) is 3.53. The molecule has 0 saturated carbocycles. The summed E-state index contributed by atoms with van der Waals surface area (Å²) in [4.78, 5) is 13.7. The van der Waals surface area contributed by atoms with E-state index in [1.165, 1.54) is 4.90 Å². The minimum absolute atomic E-state index is 0.0291. The number of carbonyl (C=O) groups excluding carboxylic acids is 1. The topological polar surface area (TPSA) is 47.6 Å². The van der Waals surface area contributed by atoms with Crippen LogP contribution >= 0.6 is 11.8 Å². The first-order valence-corrected chi connectivity index (χ1v) is 9.71. The minimum atomic E-state index is -0.171. The van der Waals surface area contributed by atoms with Gasteiger partial charge in [-0.3, -0.25) is 4.79 Å². The van der Waals surface area contributed by atoms with E-state index >= 15 is 0 Å². The van der Waals surface area contributed by atoms with Crippen LogP contribution in [0.15, 0.2) is 47.4 Å². The van der Waals surface area contributed by atoms with E-state index in [0.717, 1.165) is 22.6 Å². The van der Waals surface area contributed by atoms with Gasteiger partial charge in [0, 0.05) is 11.4 Å². The van der Waals surface area contributed by atoms with Crippen molar-refractivity contribution in [2.75, 3.05) is 19.5 Å². The number of benzene rings is 2. The Balaban J connectivity index is 1.58. The molecule has 0 aromatic heterocycles. The summed E-state index contributed by atoms with van der Waals surface area (Å²) in [5.74, 6) is 1.52. The molecule has 25 heavy (non-hydrogen) atoms. The van der Waals surface area contributed by atoms with Crippen LogP contribution in [0, 0.1) is 5.92 Å². The first kappa shape index (κ1) is 17.7. The van der Waals surface area contributed by atoms with Crippen molar-refractivity contribution in [1.82, 2.24) is 5.32 Å². The lowest BCUT2D eigenvalue weighted by Crippen LogP contribution is -2.37. The van der Waals surface area contributed by atoms with Crippen LogP contribution in [0.3, 0.4) is 0 Å². The van der Waals surface area contributed by atoms with Crippen molar-refractivity contribution in [2.24, 2.45) is 5.92 Å². The van der Waals surface area contributed by atoms with Gasteiger partial charge < -0.3 is 14.8 Å². The molecule has 1 atom stereocenters. The second-order valence-corrected chi connectivity index (χ2v) is 6.86. The quantitative estimate of drug-likeness (QED) is 0.801. The van der Waals surface area contributed by atoms with E-state index in [-0.39, 0.29) is 11.8 Å². The zero-order valence-corrected chi connectivity index (χ0v) is 15.4. The Morgan fingerprint density at radius 1 is 1.28 bits per heavy atom. The Labute approximate surface area is 152 Å². The van der Waals surface area contributed by atoms with Crippen LogP contribution in [-0.2, 0) is 17.8 Å². The molecule has 0 saturated heterocycles. The Kier molecular flexibility index (Phi) is 5.87. The summed E-state index contributed by atoms with van der Waals surface area (Å²) >= 11 is 1.71. The highest BCUT2D eigenvalue weighted by molar-refractivity contribution is 7.98. The Morgan fingerprint density at radius 2 is 2.08 bits per heavy atom. The third-order valence-electron chi connectivity index (χ3n) is 4.25. The molecule has 2 aromatic carbocycles. The molecular formula is C20H23NO3S. The van der Waals surface area contributed by atoms with Gasteiger partial charge >= 0.3 is 0 Å². The molecular weight excluding hydrogens is 334 g/mol. The number of hydrogen-bond donors (Lipinski definition) is 1. The third kappa shape index (κ3) is 4.48. The van der Waals surface area contributed by atoms with Crippen molar-refractivity contribution < 1.29 is 14.3 Å². The summed E-state index contributed by atoms with van der Waals surface area (Å²) in [7, 11) is 0. The van der Waals surface area contributed by atoms with Gasteiger partial charge in [-0.05, 0) is 61.1 Å². The summed E-state index contributed by atoms with van der Waals surface area (Å²) in [6, 6.07) is 14.0. The van der Waals surface area contributed by atoms with Crippen LogP contribution in [0.1, 0.15) is 18.1 Å². The number of rotatable bonds is 6. The SMILES string of the molecule is CCOc1ccc2c(c1)CC(C(=O)NCc1ccc(SC)cc1)CO2. The van der Waals surface area contributed by atoms with Gasteiger partial charge in [0.1, 0.15) is 18.1 Å². The smallest absolute Gasteiger partial charge is 0.227 e. The lowest BCUT2D eigenvalue weighted by Gasteiger charge is -2.25. The second-order valence-electron chi connectivity index (χ2n) is 5.98. The maximum Gasteiger partial charge on any atom is 0.227 e. The van der Waals surface area contributed by atoms with Gasteiger partial charge in [-0.1, -0.05) is 12.1 Å². The van der Waals surface area contributed by atoms with Crippen molar-refractivity contribution >= 4 is 17.7 Å². The predicted molar refractivity (Wildman–Crippen MR) is 100 cm³/mol. The number of carbonyl (C=O) groups is 1. The highest BCUT2D eigenvalue weighted by Gasteiger charge is 2.26. The Hall–Kier alpha value is -2.14. The van der Waals surface area contributed by atoms with Gasteiger partial charge in [0.05, 0.1) is 12.5 Å². The van der Waals surface area contributed by atoms with Crippen molar-refractivity contribution in [1.29, 1.82) is 0 Å². The zero-order valence-electron chi connectivity index (χ0n) is 14.6. The van der Waals surface area contributed by atoms with Crippen LogP contribution in [-0.4, -0.2) is 25.4 Å². The van der Waals surface area contributed by atoms with E-state index in [9.17, 15) is 4.79 Å². The first-order valence-electron chi connectivity index (χ1n) is 8.48. The maximum absolute atomic E-state index is 12.5. The number of thioether (sulfide) groups is 1. The Bertz CT molecular complexity index is 730. The lowest BCUT2D eigenvalue weighted by atomic mass is 9.95. The highest BCUT2D eigenvalue weighted by Crippen LogP contribution is 2.31. The predicted octanol–water partition coefficient (Wildman–Crippen LogP) is 3.67.